The second kappa shape index (κ2) is 25.5. The van der Waals surface area contributed by atoms with E-state index >= 15 is 0 Å². The summed E-state index contributed by atoms with van der Waals surface area (Å²) in [6.45, 7) is 8.66. The molecule has 8 rings (SSSR count). The highest BCUT2D eigenvalue weighted by molar-refractivity contribution is 5.76. The molecule has 8 aromatic rings. The molecule has 17 heteroatoms. The van der Waals surface area contributed by atoms with E-state index in [-0.39, 0.29) is 59.8 Å². The molecule has 0 fully saturated rings. The van der Waals surface area contributed by atoms with Crippen LogP contribution in [0.25, 0.3) is 67.9 Å². The van der Waals surface area contributed by atoms with Crippen molar-refractivity contribution in [3.05, 3.63) is 166 Å². The number of likely N-dealkylation sites (N-methyl/N-ethyl adjacent to an activating group) is 2. The minimum absolute atomic E-state index is 0.0275. The molecule has 0 unspecified atom stereocenters. The molecule has 0 radical (unpaired) electrons. The van der Waals surface area contributed by atoms with Gasteiger partial charge in [-0.25, -0.2) is 13.2 Å². The van der Waals surface area contributed by atoms with E-state index in [1.807, 2.05) is 93.6 Å². The standard InChI is InChI=1S/C27H25F2N3O4.C27H26FN3O4.C2H6/c1-16-6-4-5-7-20(16)21-10-8-17(12-19(21)15-35-3)27-30-26(31-36-27)22-11-9-18(24(28)25(22)29)13-32(2)14-23(33)34;1-17-6-4-5-7-21(17)22-11-9-19(13-20(22)16-34-3)27-29-26(30-35-27)23-10-8-18(12-24(23)28)14-31(2)15-25(32)33;1-2/h4-12H,13-15H2,1-3H3,(H,33,34);4-13H,14-16H2,1-3H3,(H,32,33);1-2H3. The lowest BCUT2D eigenvalue weighted by molar-refractivity contribution is -0.139. The minimum atomic E-state index is -1.13. The van der Waals surface area contributed by atoms with E-state index in [0.29, 0.717) is 36.4 Å². The van der Waals surface area contributed by atoms with Crippen LogP contribution < -0.4 is 0 Å². The lowest BCUT2D eigenvalue weighted by Crippen LogP contribution is -2.25. The van der Waals surface area contributed by atoms with Gasteiger partial charge in [-0.3, -0.25) is 19.4 Å². The Bertz CT molecular complexity index is 3180. The summed E-state index contributed by atoms with van der Waals surface area (Å²) >= 11 is 0. The average Bonchev–Trinajstić information content (AvgIpc) is 4.06. The predicted octanol–water partition coefficient (Wildman–Crippen LogP) is 11.5. The molecule has 0 aliphatic heterocycles. The molecule has 0 aliphatic rings. The molecule has 0 amide bonds. The zero-order valence-corrected chi connectivity index (χ0v) is 41.9. The van der Waals surface area contributed by atoms with Gasteiger partial charge in [0.2, 0.25) is 11.6 Å². The molecule has 380 valence electrons. The van der Waals surface area contributed by atoms with E-state index in [1.54, 1.807) is 38.3 Å². The van der Waals surface area contributed by atoms with E-state index < -0.39 is 29.4 Å². The third kappa shape index (κ3) is 13.8. The topological polar surface area (TPSA) is 177 Å². The SMILES string of the molecule is CC.COCc1cc(-c2nc(-c3ccc(CN(C)CC(=O)O)c(F)c3F)no2)ccc1-c1ccccc1C.COCc1cc(-c2nc(-c3ccc(CN(C)CC(=O)O)cc3F)no2)ccc1-c1ccccc1C. The zero-order valence-electron chi connectivity index (χ0n) is 41.9. The molecule has 0 spiro atoms. The number of aliphatic carboxylic acids is 2. The first-order chi connectivity index (χ1) is 35.1. The second-order valence-electron chi connectivity index (χ2n) is 16.9. The summed E-state index contributed by atoms with van der Waals surface area (Å²) in [5.74, 6) is -4.24. The van der Waals surface area contributed by atoms with Gasteiger partial charge >= 0.3 is 11.9 Å². The van der Waals surface area contributed by atoms with Crippen molar-refractivity contribution in [2.45, 2.75) is 54.0 Å². The van der Waals surface area contributed by atoms with E-state index in [0.717, 1.165) is 44.5 Å². The molecule has 0 aliphatic carbocycles. The molecular formula is C56H57F3N6O8. The van der Waals surface area contributed by atoms with E-state index in [4.69, 9.17) is 28.7 Å². The van der Waals surface area contributed by atoms with Gasteiger partial charge in [-0.05, 0) is 120 Å². The van der Waals surface area contributed by atoms with Crippen LogP contribution in [-0.2, 0) is 45.4 Å². The summed E-state index contributed by atoms with van der Waals surface area (Å²) in [6.07, 6.45) is 0. The fourth-order valence-corrected chi connectivity index (χ4v) is 8.08. The second-order valence-corrected chi connectivity index (χ2v) is 16.9. The van der Waals surface area contributed by atoms with Crippen LogP contribution in [0.2, 0.25) is 0 Å². The van der Waals surface area contributed by atoms with Gasteiger partial charge in [0.15, 0.2) is 11.6 Å². The van der Waals surface area contributed by atoms with Crippen LogP contribution in [0.4, 0.5) is 13.2 Å². The first kappa shape index (κ1) is 54.5. The fourth-order valence-electron chi connectivity index (χ4n) is 8.08. The van der Waals surface area contributed by atoms with Gasteiger partial charge in [-0.15, -0.1) is 0 Å². The van der Waals surface area contributed by atoms with Gasteiger partial charge in [0.1, 0.15) is 5.82 Å². The lowest BCUT2D eigenvalue weighted by atomic mass is 9.94. The van der Waals surface area contributed by atoms with Crippen LogP contribution in [-0.4, -0.2) is 93.6 Å². The Morgan fingerprint density at radius 3 is 1.47 bits per heavy atom. The quantitative estimate of drug-likeness (QED) is 0.0830. The number of methoxy groups -OCH3 is 2. The van der Waals surface area contributed by atoms with Crippen molar-refractivity contribution in [3.63, 3.8) is 0 Å². The monoisotopic (exact) mass is 998 g/mol. The van der Waals surface area contributed by atoms with Gasteiger partial charge in [0.05, 0.1) is 37.4 Å². The third-order valence-electron chi connectivity index (χ3n) is 11.4. The van der Waals surface area contributed by atoms with Crippen molar-refractivity contribution in [2.75, 3.05) is 41.4 Å². The number of rotatable bonds is 18. The summed E-state index contributed by atoms with van der Waals surface area (Å²) in [6, 6.07) is 35.0. The first-order valence-electron chi connectivity index (χ1n) is 23.2. The van der Waals surface area contributed by atoms with E-state index in [9.17, 15) is 22.8 Å². The lowest BCUT2D eigenvalue weighted by Gasteiger charge is -2.15. The summed E-state index contributed by atoms with van der Waals surface area (Å²) in [5, 5.41) is 25.6. The highest BCUT2D eigenvalue weighted by Crippen LogP contribution is 2.34. The van der Waals surface area contributed by atoms with E-state index in [2.05, 4.69) is 39.3 Å². The Kier molecular flexibility index (Phi) is 19.1. The molecule has 0 saturated carbocycles. The molecule has 73 heavy (non-hydrogen) atoms. The van der Waals surface area contributed by atoms with Crippen LogP contribution in [0.15, 0.2) is 124 Å². The smallest absolute Gasteiger partial charge is 0.317 e. The Labute approximate surface area is 421 Å². The van der Waals surface area contributed by atoms with Crippen LogP contribution >= 0.6 is 0 Å². The number of hydrogen-bond acceptors (Lipinski definition) is 12. The number of hydrogen-bond donors (Lipinski definition) is 2. The number of aryl methyl sites for hydroxylation is 2. The van der Waals surface area contributed by atoms with Crippen molar-refractivity contribution in [3.8, 4) is 67.9 Å². The van der Waals surface area contributed by atoms with Crippen molar-refractivity contribution < 1.29 is 51.5 Å². The molecule has 0 saturated heterocycles. The van der Waals surface area contributed by atoms with Crippen molar-refractivity contribution in [1.29, 1.82) is 0 Å². The molecule has 0 atom stereocenters. The zero-order chi connectivity index (χ0) is 52.8. The maximum Gasteiger partial charge on any atom is 0.317 e. The predicted molar refractivity (Wildman–Crippen MR) is 271 cm³/mol. The number of aromatic nitrogens is 4. The first-order valence-corrected chi connectivity index (χ1v) is 23.2. The molecule has 0 bridgehead atoms. The molecule has 14 nitrogen and oxygen atoms in total. The number of halogens is 3. The number of carboxylic acids is 2. The summed E-state index contributed by atoms with van der Waals surface area (Å²) < 4.78 is 66.0. The third-order valence-corrected chi connectivity index (χ3v) is 11.4. The van der Waals surface area contributed by atoms with Gasteiger partial charge in [-0.1, -0.05) is 97.0 Å². The number of carbonyl (C=O) groups is 2. The number of ether oxygens (including phenoxy) is 2. The molecule has 6 aromatic carbocycles. The van der Waals surface area contributed by atoms with Crippen molar-refractivity contribution in [1.82, 2.24) is 30.1 Å². The Balaban J connectivity index is 0.000000230. The maximum atomic E-state index is 14.9. The highest BCUT2D eigenvalue weighted by Gasteiger charge is 2.22. The molecule has 2 N–H and O–H groups in total. The van der Waals surface area contributed by atoms with Crippen molar-refractivity contribution in [2.24, 2.45) is 0 Å². The summed E-state index contributed by atoms with van der Waals surface area (Å²) in [5.41, 5.74) is 10.5. The highest BCUT2D eigenvalue weighted by atomic mass is 19.2. The molecular weight excluding hydrogens is 942 g/mol. The van der Waals surface area contributed by atoms with Crippen LogP contribution in [0.5, 0.6) is 0 Å². The van der Waals surface area contributed by atoms with Crippen LogP contribution in [0.1, 0.15) is 47.2 Å². The van der Waals surface area contributed by atoms with Gasteiger partial charge in [0.25, 0.3) is 11.8 Å². The van der Waals surface area contributed by atoms with Gasteiger partial charge in [-0.2, -0.15) is 9.97 Å². The largest absolute Gasteiger partial charge is 0.480 e. The van der Waals surface area contributed by atoms with Crippen LogP contribution in [0.3, 0.4) is 0 Å². The van der Waals surface area contributed by atoms with Crippen LogP contribution in [0, 0.1) is 31.3 Å². The Morgan fingerprint density at radius 2 is 1.00 bits per heavy atom. The number of benzene rings is 6. The minimum Gasteiger partial charge on any atom is -0.480 e. The number of nitrogens with zero attached hydrogens (tertiary/aromatic N) is 6. The van der Waals surface area contributed by atoms with Gasteiger partial charge in [0, 0.05) is 44.0 Å². The maximum absolute atomic E-state index is 14.9. The number of carboxylic acid groups (broad SMARTS) is 2. The molecule has 2 heterocycles. The average molecular weight is 999 g/mol. The van der Waals surface area contributed by atoms with Gasteiger partial charge < -0.3 is 28.7 Å². The summed E-state index contributed by atoms with van der Waals surface area (Å²) in [4.78, 5) is 33.3. The normalized spacial score (nSPS) is 11.0. The fraction of sp³-hybridized carbons (Fsp3) is 0.250. The summed E-state index contributed by atoms with van der Waals surface area (Å²) in [7, 11) is 6.42. The molecule has 2 aromatic heterocycles. The van der Waals surface area contributed by atoms with E-state index in [1.165, 1.54) is 30.1 Å². The Hall–Kier alpha value is -7.83. The Morgan fingerprint density at radius 1 is 0.548 bits per heavy atom. The van der Waals surface area contributed by atoms with Crippen molar-refractivity contribution >= 4 is 11.9 Å².